The van der Waals surface area contributed by atoms with E-state index < -0.39 is 0 Å². The average Bonchev–Trinajstić information content (AvgIpc) is 2.89. The first-order valence-electron chi connectivity index (χ1n) is 6.96. The molecule has 0 unspecified atom stereocenters. The summed E-state index contributed by atoms with van der Waals surface area (Å²) in [7, 11) is 0. The van der Waals surface area contributed by atoms with Crippen LogP contribution in [0, 0.1) is 5.82 Å². The molecule has 2 aromatic rings. The molecule has 1 heterocycles. The number of nitrogens with zero attached hydrogens (tertiary/aromatic N) is 1. The standard InChI is InChI=1S/C17H17ClFN/c18-15-8-6-13(7-9-15)12-20-10-2-5-17(20)14-3-1-4-16(19)11-14/h1,3-4,6-9,11,17H,2,5,10,12H2/t17-/m0/s1. The maximum Gasteiger partial charge on any atom is 0.123 e. The molecule has 1 fully saturated rings. The first-order valence-corrected chi connectivity index (χ1v) is 7.34. The van der Waals surface area contributed by atoms with Crippen molar-refractivity contribution in [1.29, 1.82) is 0 Å². The third kappa shape index (κ3) is 3.02. The summed E-state index contributed by atoms with van der Waals surface area (Å²) in [6, 6.07) is 15.3. The lowest BCUT2D eigenvalue weighted by atomic mass is 10.0. The molecule has 0 amide bonds. The van der Waals surface area contributed by atoms with Gasteiger partial charge >= 0.3 is 0 Å². The Morgan fingerprint density at radius 2 is 1.95 bits per heavy atom. The van der Waals surface area contributed by atoms with Gasteiger partial charge in [-0.2, -0.15) is 0 Å². The molecule has 2 aromatic carbocycles. The van der Waals surface area contributed by atoms with Crippen molar-refractivity contribution < 1.29 is 4.39 Å². The Labute approximate surface area is 124 Å². The lowest BCUT2D eigenvalue weighted by molar-refractivity contribution is 0.248. The Morgan fingerprint density at radius 1 is 1.15 bits per heavy atom. The summed E-state index contributed by atoms with van der Waals surface area (Å²) in [4.78, 5) is 2.41. The van der Waals surface area contributed by atoms with Crippen LogP contribution in [0.3, 0.4) is 0 Å². The zero-order valence-electron chi connectivity index (χ0n) is 11.2. The van der Waals surface area contributed by atoms with Gasteiger partial charge in [0.05, 0.1) is 0 Å². The van der Waals surface area contributed by atoms with E-state index in [1.54, 1.807) is 12.1 Å². The van der Waals surface area contributed by atoms with E-state index in [9.17, 15) is 4.39 Å². The monoisotopic (exact) mass is 289 g/mol. The maximum absolute atomic E-state index is 13.4. The molecular weight excluding hydrogens is 273 g/mol. The predicted molar refractivity (Wildman–Crippen MR) is 80.2 cm³/mol. The fourth-order valence-corrected chi connectivity index (χ4v) is 3.06. The Hall–Kier alpha value is -1.38. The highest BCUT2D eigenvalue weighted by molar-refractivity contribution is 6.30. The van der Waals surface area contributed by atoms with Gasteiger partial charge in [-0.15, -0.1) is 0 Å². The van der Waals surface area contributed by atoms with Crippen molar-refractivity contribution in [2.45, 2.75) is 25.4 Å². The van der Waals surface area contributed by atoms with Gasteiger partial charge in [-0.05, 0) is 54.8 Å². The van der Waals surface area contributed by atoms with Crippen LogP contribution in [0.25, 0.3) is 0 Å². The van der Waals surface area contributed by atoms with E-state index in [-0.39, 0.29) is 5.82 Å². The minimum absolute atomic E-state index is 0.152. The highest BCUT2D eigenvalue weighted by Crippen LogP contribution is 2.33. The third-order valence-corrected chi connectivity index (χ3v) is 4.15. The van der Waals surface area contributed by atoms with Crippen LogP contribution in [0.2, 0.25) is 5.02 Å². The third-order valence-electron chi connectivity index (χ3n) is 3.90. The molecular formula is C17H17ClFN. The van der Waals surface area contributed by atoms with E-state index in [2.05, 4.69) is 17.0 Å². The first-order chi connectivity index (χ1) is 9.72. The minimum atomic E-state index is -0.152. The van der Waals surface area contributed by atoms with Gasteiger partial charge in [0.1, 0.15) is 5.82 Å². The number of benzene rings is 2. The number of rotatable bonds is 3. The highest BCUT2D eigenvalue weighted by atomic mass is 35.5. The van der Waals surface area contributed by atoms with E-state index in [1.807, 2.05) is 18.2 Å². The van der Waals surface area contributed by atoms with Gasteiger partial charge in [0, 0.05) is 17.6 Å². The highest BCUT2D eigenvalue weighted by Gasteiger charge is 2.26. The summed E-state index contributed by atoms with van der Waals surface area (Å²) < 4.78 is 13.4. The van der Waals surface area contributed by atoms with Crippen LogP contribution in [-0.4, -0.2) is 11.4 Å². The minimum Gasteiger partial charge on any atom is -0.292 e. The summed E-state index contributed by atoms with van der Waals surface area (Å²) in [6.45, 7) is 1.95. The molecule has 20 heavy (non-hydrogen) atoms. The van der Waals surface area contributed by atoms with Crippen molar-refractivity contribution in [2.75, 3.05) is 6.54 Å². The molecule has 3 rings (SSSR count). The molecule has 1 nitrogen and oxygen atoms in total. The van der Waals surface area contributed by atoms with Crippen LogP contribution in [-0.2, 0) is 6.54 Å². The van der Waals surface area contributed by atoms with Crippen LogP contribution in [0.1, 0.15) is 30.0 Å². The van der Waals surface area contributed by atoms with Crippen LogP contribution < -0.4 is 0 Å². The lowest BCUT2D eigenvalue weighted by Crippen LogP contribution is -2.22. The smallest absolute Gasteiger partial charge is 0.123 e. The molecule has 1 aliphatic rings. The molecule has 1 aliphatic heterocycles. The molecule has 0 radical (unpaired) electrons. The van der Waals surface area contributed by atoms with Crippen molar-refractivity contribution in [3.8, 4) is 0 Å². The molecule has 3 heteroatoms. The number of hydrogen-bond donors (Lipinski definition) is 0. The van der Waals surface area contributed by atoms with Crippen LogP contribution in [0.4, 0.5) is 4.39 Å². The lowest BCUT2D eigenvalue weighted by Gasteiger charge is -2.25. The Morgan fingerprint density at radius 3 is 2.70 bits per heavy atom. The van der Waals surface area contributed by atoms with Crippen LogP contribution in [0.5, 0.6) is 0 Å². The fourth-order valence-electron chi connectivity index (χ4n) is 2.93. The zero-order chi connectivity index (χ0) is 13.9. The van der Waals surface area contributed by atoms with Crippen LogP contribution in [0.15, 0.2) is 48.5 Å². The Bertz CT molecular complexity index is 582. The van der Waals surface area contributed by atoms with Crippen molar-refractivity contribution in [2.24, 2.45) is 0 Å². The van der Waals surface area contributed by atoms with Gasteiger partial charge < -0.3 is 0 Å². The van der Waals surface area contributed by atoms with Gasteiger partial charge in [-0.3, -0.25) is 4.90 Å². The number of halogens is 2. The van der Waals surface area contributed by atoms with E-state index in [0.29, 0.717) is 6.04 Å². The Kier molecular flexibility index (Phi) is 4.04. The normalized spacial score (nSPS) is 19.4. The topological polar surface area (TPSA) is 3.24 Å². The predicted octanol–water partition coefficient (Wildman–Crippen LogP) is 4.82. The molecule has 0 saturated carbocycles. The fraction of sp³-hybridized carbons (Fsp3) is 0.294. The Balaban J connectivity index is 1.77. The van der Waals surface area contributed by atoms with Crippen molar-refractivity contribution in [3.63, 3.8) is 0 Å². The van der Waals surface area contributed by atoms with Crippen molar-refractivity contribution in [3.05, 3.63) is 70.5 Å². The van der Waals surface area contributed by atoms with Gasteiger partial charge in [-0.25, -0.2) is 4.39 Å². The van der Waals surface area contributed by atoms with Gasteiger partial charge in [0.15, 0.2) is 0 Å². The first kappa shape index (κ1) is 13.6. The summed E-state index contributed by atoms with van der Waals surface area (Å²) >= 11 is 5.92. The second-order valence-electron chi connectivity index (χ2n) is 5.31. The molecule has 1 saturated heterocycles. The quantitative estimate of drug-likeness (QED) is 0.783. The maximum atomic E-state index is 13.4. The second-order valence-corrected chi connectivity index (χ2v) is 5.75. The summed E-state index contributed by atoms with van der Waals surface area (Å²) in [5.41, 5.74) is 2.33. The zero-order valence-corrected chi connectivity index (χ0v) is 12.0. The molecule has 0 N–H and O–H groups in total. The molecule has 0 aliphatic carbocycles. The van der Waals surface area contributed by atoms with Gasteiger partial charge in [-0.1, -0.05) is 35.9 Å². The van der Waals surface area contributed by atoms with Gasteiger partial charge in [0.2, 0.25) is 0 Å². The summed E-state index contributed by atoms with van der Waals surface area (Å²) in [5.74, 6) is -0.152. The number of hydrogen-bond acceptors (Lipinski definition) is 1. The largest absolute Gasteiger partial charge is 0.292 e. The van der Waals surface area contributed by atoms with E-state index >= 15 is 0 Å². The molecule has 0 bridgehead atoms. The molecule has 0 aromatic heterocycles. The molecule has 104 valence electrons. The summed E-state index contributed by atoms with van der Waals surface area (Å²) in [6.07, 6.45) is 2.26. The van der Waals surface area contributed by atoms with Crippen molar-refractivity contribution >= 4 is 11.6 Å². The molecule has 1 atom stereocenters. The number of likely N-dealkylation sites (tertiary alicyclic amines) is 1. The van der Waals surface area contributed by atoms with Crippen molar-refractivity contribution in [1.82, 2.24) is 4.90 Å². The van der Waals surface area contributed by atoms with E-state index in [1.165, 1.54) is 11.6 Å². The van der Waals surface area contributed by atoms with E-state index in [4.69, 9.17) is 11.6 Å². The molecule has 0 spiro atoms. The summed E-state index contributed by atoms with van der Waals surface area (Å²) in [5, 5.41) is 0.761. The SMILES string of the molecule is Fc1cccc([C@@H]2CCCN2Cc2ccc(Cl)cc2)c1. The van der Waals surface area contributed by atoms with Gasteiger partial charge in [0.25, 0.3) is 0 Å². The average molecular weight is 290 g/mol. The van der Waals surface area contributed by atoms with E-state index in [0.717, 1.165) is 36.5 Å². The second kappa shape index (κ2) is 5.94. The van der Waals surface area contributed by atoms with Crippen LogP contribution >= 0.6 is 11.6 Å².